The van der Waals surface area contributed by atoms with Crippen LogP contribution < -0.4 is 0 Å². The van der Waals surface area contributed by atoms with Gasteiger partial charge >= 0.3 is 0 Å². The highest BCUT2D eigenvalue weighted by atomic mass is 16.5. The van der Waals surface area contributed by atoms with Crippen LogP contribution in [0.5, 0.6) is 0 Å². The van der Waals surface area contributed by atoms with Gasteiger partial charge in [0.1, 0.15) is 11.4 Å². The minimum absolute atomic E-state index is 0.368. The van der Waals surface area contributed by atoms with Gasteiger partial charge in [0, 0.05) is 24.0 Å². The van der Waals surface area contributed by atoms with Crippen molar-refractivity contribution in [1.82, 2.24) is 25.3 Å². The van der Waals surface area contributed by atoms with Crippen LogP contribution >= 0.6 is 0 Å². The predicted molar refractivity (Wildman–Crippen MR) is 72.8 cm³/mol. The Morgan fingerprint density at radius 1 is 1.10 bits per heavy atom. The second kappa shape index (κ2) is 4.71. The van der Waals surface area contributed by atoms with E-state index < -0.39 is 0 Å². The molecule has 0 aromatic carbocycles. The fraction of sp³-hybridized carbons (Fsp3) is 0. The highest BCUT2D eigenvalue weighted by molar-refractivity contribution is 5.62. The molecule has 7 heteroatoms. The summed E-state index contributed by atoms with van der Waals surface area (Å²) in [5.74, 6) is 1.54. The normalized spacial score (nSPS) is 10.9. The Balaban J connectivity index is 1.67. The Morgan fingerprint density at radius 3 is 2.81 bits per heavy atom. The molecule has 0 radical (unpaired) electrons. The lowest BCUT2D eigenvalue weighted by Crippen LogP contribution is -1.81. The van der Waals surface area contributed by atoms with Crippen LogP contribution in [0.3, 0.4) is 0 Å². The fourth-order valence-corrected chi connectivity index (χ4v) is 1.93. The quantitative estimate of drug-likeness (QED) is 0.619. The zero-order valence-electron chi connectivity index (χ0n) is 10.7. The summed E-state index contributed by atoms with van der Waals surface area (Å²) in [6.07, 6.45) is 4.95. The SMILES string of the molecule is c1coc(-c2cc(-c3nc(-c4ccncc4)no3)[nH]n2)c1. The molecule has 102 valence electrons. The van der Waals surface area contributed by atoms with Gasteiger partial charge in [-0.15, -0.1) is 0 Å². The molecular formula is C14H9N5O2. The summed E-state index contributed by atoms with van der Waals surface area (Å²) in [4.78, 5) is 8.29. The van der Waals surface area contributed by atoms with Gasteiger partial charge in [0.15, 0.2) is 5.76 Å². The summed E-state index contributed by atoms with van der Waals surface area (Å²) in [6, 6.07) is 9.06. The lowest BCUT2D eigenvalue weighted by atomic mass is 10.2. The third-order valence-electron chi connectivity index (χ3n) is 2.95. The first-order valence-electron chi connectivity index (χ1n) is 6.24. The second-order valence-electron chi connectivity index (χ2n) is 4.30. The van der Waals surface area contributed by atoms with Crippen molar-refractivity contribution < 1.29 is 8.94 Å². The summed E-state index contributed by atoms with van der Waals surface area (Å²) in [5.41, 5.74) is 2.15. The second-order valence-corrected chi connectivity index (χ2v) is 4.30. The van der Waals surface area contributed by atoms with Crippen molar-refractivity contribution in [2.75, 3.05) is 0 Å². The monoisotopic (exact) mass is 279 g/mol. The molecule has 0 aliphatic carbocycles. The number of hydrogen-bond donors (Lipinski definition) is 1. The number of nitrogens with one attached hydrogen (secondary N) is 1. The van der Waals surface area contributed by atoms with Gasteiger partial charge in [-0.05, 0) is 24.3 Å². The van der Waals surface area contributed by atoms with E-state index in [9.17, 15) is 0 Å². The zero-order chi connectivity index (χ0) is 14.1. The van der Waals surface area contributed by atoms with Gasteiger partial charge in [-0.1, -0.05) is 5.16 Å². The van der Waals surface area contributed by atoms with Gasteiger partial charge in [0.05, 0.1) is 6.26 Å². The van der Waals surface area contributed by atoms with Crippen molar-refractivity contribution in [2.45, 2.75) is 0 Å². The topological polar surface area (TPSA) is 93.6 Å². The molecule has 0 spiro atoms. The average Bonchev–Trinajstić information content (AvgIpc) is 3.27. The first-order chi connectivity index (χ1) is 10.4. The maximum absolute atomic E-state index is 5.29. The summed E-state index contributed by atoms with van der Waals surface area (Å²) < 4.78 is 10.5. The van der Waals surface area contributed by atoms with E-state index in [1.807, 2.05) is 18.2 Å². The highest BCUT2D eigenvalue weighted by Crippen LogP contribution is 2.24. The van der Waals surface area contributed by atoms with Gasteiger partial charge in [-0.3, -0.25) is 10.1 Å². The molecule has 0 unspecified atom stereocenters. The molecule has 4 aromatic rings. The predicted octanol–water partition coefficient (Wildman–Crippen LogP) is 2.78. The van der Waals surface area contributed by atoms with E-state index in [0.29, 0.717) is 28.9 Å². The molecule has 1 N–H and O–H groups in total. The largest absolute Gasteiger partial charge is 0.463 e. The maximum atomic E-state index is 5.29. The molecule has 4 aromatic heterocycles. The standard InChI is InChI=1S/C14H9N5O2/c1-2-12(20-7-1)10-8-11(18-17-10)14-16-13(19-21-14)9-3-5-15-6-4-9/h1-8H,(H,17,18). The van der Waals surface area contributed by atoms with E-state index in [0.717, 1.165) is 5.56 Å². The molecule has 0 aliphatic rings. The number of furan rings is 1. The number of H-pyrrole nitrogens is 1. The minimum atomic E-state index is 0.368. The average molecular weight is 279 g/mol. The van der Waals surface area contributed by atoms with E-state index in [1.165, 1.54) is 0 Å². The van der Waals surface area contributed by atoms with E-state index >= 15 is 0 Å². The molecule has 0 atom stereocenters. The van der Waals surface area contributed by atoms with Crippen molar-refractivity contribution >= 4 is 0 Å². The van der Waals surface area contributed by atoms with Gasteiger partial charge in [-0.2, -0.15) is 10.1 Å². The van der Waals surface area contributed by atoms with Crippen molar-refractivity contribution in [2.24, 2.45) is 0 Å². The summed E-state index contributed by atoms with van der Waals surface area (Å²) in [7, 11) is 0. The Hall–Kier alpha value is -3.22. The number of nitrogens with zero attached hydrogens (tertiary/aromatic N) is 4. The van der Waals surface area contributed by atoms with E-state index in [2.05, 4.69) is 25.3 Å². The Labute approximate surface area is 118 Å². The number of aromatic amines is 1. The fourth-order valence-electron chi connectivity index (χ4n) is 1.93. The van der Waals surface area contributed by atoms with E-state index in [4.69, 9.17) is 8.94 Å². The molecule has 0 saturated carbocycles. The number of pyridine rings is 1. The van der Waals surface area contributed by atoms with Gasteiger partial charge in [-0.25, -0.2) is 0 Å². The summed E-state index contributed by atoms with van der Waals surface area (Å²) in [6.45, 7) is 0. The van der Waals surface area contributed by atoms with Gasteiger partial charge in [0.25, 0.3) is 5.89 Å². The van der Waals surface area contributed by atoms with Crippen molar-refractivity contribution in [3.63, 3.8) is 0 Å². The molecule has 0 fully saturated rings. The van der Waals surface area contributed by atoms with Crippen LogP contribution in [-0.2, 0) is 0 Å². The lowest BCUT2D eigenvalue weighted by Gasteiger charge is -1.89. The maximum Gasteiger partial charge on any atom is 0.276 e. The van der Waals surface area contributed by atoms with Crippen molar-refractivity contribution in [3.8, 4) is 34.4 Å². The minimum Gasteiger partial charge on any atom is -0.463 e. The van der Waals surface area contributed by atoms with Gasteiger partial charge < -0.3 is 8.94 Å². The smallest absolute Gasteiger partial charge is 0.276 e. The van der Waals surface area contributed by atoms with Crippen LogP contribution in [0.15, 0.2) is 57.9 Å². The molecular weight excluding hydrogens is 270 g/mol. The first kappa shape index (κ1) is 11.6. The summed E-state index contributed by atoms with van der Waals surface area (Å²) in [5, 5.41) is 11.0. The van der Waals surface area contributed by atoms with Crippen LogP contribution in [0.1, 0.15) is 0 Å². The molecule has 4 heterocycles. The number of rotatable bonds is 3. The van der Waals surface area contributed by atoms with Crippen molar-refractivity contribution in [1.29, 1.82) is 0 Å². The van der Waals surface area contributed by atoms with E-state index in [1.54, 1.807) is 30.8 Å². The van der Waals surface area contributed by atoms with Crippen LogP contribution in [0.4, 0.5) is 0 Å². The molecule has 0 saturated heterocycles. The molecule has 0 bridgehead atoms. The van der Waals surface area contributed by atoms with Gasteiger partial charge in [0.2, 0.25) is 5.82 Å². The van der Waals surface area contributed by atoms with Crippen LogP contribution in [-0.4, -0.2) is 25.3 Å². The molecule has 7 nitrogen and oxygen atoms in total. The third-order valence-corrected chi connectivity index (χ3v) is 2.95. The number of hydrogen-bond acceptors (Lipinski definition) is 6. The Morgan fingerprint density at radius 2 is 2.00 bits per heavy atom. The van der Waals surface area contributed by atoms with Crippen LogP contribution in [0.25, 0.3) is 34.4 Å². The molecule has 0 amide bonds. The molecule has 4 rings (SSSR count). The highest BCUT2D eigenvalue weighted by Gasteiger charge is 2.14. The van der Waals surface area contributed by atoms with Crippen LogP contribution in [0, 0.1) is 0 Å². The molecule has 0 aliphatic heterocycles. The van der Waals surface area contributed by atoms with E-state index in [-0.39, 0.29) is 0 Å². The Bertz CT molecular complexity index is 849. The Kier molecular flexibility index (Phi) is 2.60. The zero-order valence-corrected chi connectivity index (χ0v) is 10.7. The lowest BCUT2D eigenvalue weighted by molar-refractivity contribution is 0.431. The number of aromatic nitrogens is 5. The van der Waals surface area contributed by atoms with Crippen LogP contribution in [0.2, 0.25) is 0 Å². The summed E-state index contributed by atoms with van der Waals surface area (Å²) >= 11 is 0. The molecule has 21 heavy (non-hydrogen) atoms. The third kappa shape index (κ3) is 2.10. The first-order valence-corrected chi connectivity index (χ1v) is 6.24. The van der Waals surface area contributed by atoms with Crippen molar-refractivity contribution in [3.05, 3.63) is 49.0 Å².